The summed E-state index contributed by atoms with van der Waals surface area (Å²) >= 11 is 0. The van der Waals surface area contributed by atoms with Crippen molar-refractivity contribution in [3.8, 4) is 0 Å². The lowest BCUT2D eigenvalue weighted by molar-refractivity contribution is -0.122. The molecule has 0 aliphatic carbocycles. The first-order chi connectivity index (χ1) is 7.15. The van der Waals surface area contributed by atoms with E-state index in [0.717, 1.165) is 11.3 Å². The first kappa shape index (κ1) is 9.63. The van der Waals surface area contributed by atoms with Crippen molar-refractivity contribution in [2.45, 2.75) is 0 Å². The van der Waals surface area contributed by atoms with E-state index in [1.165, 1.54) is 6.20 Å². The molecule has 6 heteroatoms. The van der Waals surface area contributed by atoms with E-state index in [1.807, 2.05) is 0 Å². The molecule has 0 fully saturated rings. The van der Waals surface area contributed by atoms with Crippen LogP contribution >= 0.6 is 0 Å². The lowest BCUT2D eigenvalue weighted by atomic mass is 10.1. The zero-order valence-corrected chi connectivity index (χ0v) is 8.18. The van der Waals surface area contributed by atoms with Crippen LogP contribution in [0, 0.1) is 0 Å². The number of nitrogens with zero attached hydrogens (tertiary/aromatic N) is 2. The molecular formula is C9H12N4O2. The van der Waals surface area contributed by atoms with Crippen LogP contribution in [-0.2, 0) is 0 Å². The number of hydrogen-bond acceptors (Lipinski definition) is 6. The highest BCUT2D eigenvalue weighted by atomic mass is 16.7. The van der Waals surface area contributed by atoms with Gasteiger partial charge in [0, 0.05) is 18.3 Å². The molecule has 0 atom stereocenters. The summed E-state index contributed by atoms with van der Waals surface area (Å²) < 4.78 is 0. The van der Waals surface area contributed by atoms with Crippen LogP contribution in [0.5, 0.6) is 0 Å². The molecular weight excluding hydrogens is 196 g/mol. The molecule has 0 saturated heterocycles. The molecule has 1 aromatic carbocycles. The van der Waals surface area contributed by atoms with Crippen molar-refractivity contribution in [3.63, 3.8) is 0 Å². The second-order valence-electron chi connectivity index (χ2n) is 3.14. The summed E-state index contributed by atoms with van der Waals surface area (Å²) in [7, 11) is 1.77. The maximum atomic E-state index is 9.58. The lowest BCUT2D eigenvalue weighted by Crippen LogP contribution is -2.36. The Kier molecular flexibility index (Phi) is 2.14. The zero-order chi connectivity index (χ0) is 11.0. The number of hydrogen-bond donors (Lipinski definition) is 4. The fourth-order valence-electron chi connectivity index (χ4n) is 1.54. The highest BCUT2D eigenvalue weighted by Gasteiger charge is 2.21. The van der Waals surface area contributed by atoms with E-state index >= 15 is 0 Å². The van der Waals surface area contributed by atoms with Gasteiger partial charge in [0.05, 0.1) is 11.9 Å². The SMILES string of the molecule is CNc1ccc(N)c2c1C=CN(O)N2O. The van der Waals surface area contributed by atoms with Gasteiger partial charge in [0.2, 0.25) is 0 Å². The first-order valence-corrected chi connectivity index (χ1v) is 4.40. The summed E-state index contributed by atoms with van der Waals surface area (Å²) in [5.74, 6) is 0. The Balaban J connectivity index is 2.64. The molecule has 0 saturated carbocycles. The number of nitrogens with two attached hydrogens (primary N) is 1. The van der Waals surface area contributed by atoms with E-state index in [2.05, 4.69) is 5.32 Å². The summed E-state index contributed by atoms with van der Waals surface area (Å²) in [5.41, 5.74) is 8.00. The van der Waals surface area contributed by atoms with E-state index in [1.54, 1.807) is 25.3 Å². The minimum absolute atomic E-state index is 0.354. The van der Waals surface area contributed by atoms with Gasteiger partial charge >= 0.3 is 0 Å². The molecule has 0 unspecified atom stereocenters. The Morgan fingerprint density at radius 2 is 2.07 bits per heavy atom. The van der Waals surface area contributed by atoms with Crippen LogP contribution in [0.15, 0.2) is 18.3 Å². The van der Waals surface area contributed by atoms with Gasteiger partial charge < -0.3 is 11.1 Å². The molecule has 1 aliphatic heterocycles. The number of nitrogen functional groups attached to an aromatic ring is 1. The van der Waals surface area contributed by atoms with Gasteiger partial charge in [0.25, 0.3) is 0 Å². The molecule has 15 heavy (non-hydrogen) atoms. The third-order valence-corrected chi connectivity index (χ3v) is 2.29. The molecule has 0 spiro atoms. The molecule has 0 amide bonds. The van der Waals surface area contributed by atoms with Crippen molar-refractivity contribution in [2.75, 3.05) is 23.3 Å². The molecule has 6 nitrogen and oxygen atoms in total. The van der Waals surface area contributed by atoms with Crippen LogP contribution in [0.2, 0.25) is 0 Å². The number of nitrogens with one attached hydrogen (secondary N) is 1. The van der Waals surface area contributed by atoms with Gasteiger partial charge in [0.15, 0.2) is 0 Å². The summed E-state index contributed by atoms with van der Waals surface area (Å²) in [5, 5.41) is 23.0. The van der Waals surface area contributed by atoms with Crippen LogP contribution in [0.1, 0.15) is 5.56 Å². The van der Waals surface area contributed by atoms with Crippen LogP contribution in [-0.4, -0.2) is 22.6 Å². The van der Waals surface area contributed by atoms with Gasteiger partial charge in [0.1, 0.15) is 5.69 Å². The third kappa shape index (κ3) is 1.36. The average molecular weight is 208 g/mol. The van der Waals surface area contributed by atoms with Crippen LogP contribution in [0.3, 0.4) is 0 Å². The summed E-state index contributed by atoms with van der Waals surface area (Å²) in [4.78, 5) is 0. The third-order valence-electron chi connectivity index (χ3n) is 2.29. The monoisotopic (exact) mass is 208 g/mol. The van der Waals surface area contributed by atoms with E-state index in [0.29, 0.717) is 21.7 Å². The van der Waals surface area contributed by atoms with Gasteiger partial charge in [-0.05, 0) is 18.2 Å². The Bertz CT molecular complexity index is 419. The molecule has 1 aromatic rings. The maximum Gasteiger partial charge on any atom is 0.122 e. The normalized spacial score (nSPS) is 14.1. The molecule has 0 radical (unpaired) electrons. The van der Waals surface area contributed by atoms with Gasteiger partial charge in [-0.3, -0.25) is 10.4 Å². The molecule has 5 N–H and O–H groups in total. The van der Waals surface area contributed by atoms with Crippen LogP contribution < -0.4 is 16.2 Å². The Morgan fingerprint density at radius 3 is 2.73 bits per heavy atom. The number of benzene rings is 1. The molecule has 1 heterocycles. The van der Waals surface area contributed by atoms with Gasteiger partial charge in [-0.1, -0.05) is 0 Å². The Labute approximate surface area is 86.7 Å². The van der Waals surface area contributed by atoms with Crippen molar-refractivity contribution >= 4 is 23.1 Å². The van der Waals surface area contributed by atoms with Gasteiger partial charge in [-0.15, -0.1) is 10.3 Å². The van der Waals surface area contributed by atoms with E-state index in [-0.39, 0.29) is 0 Å². The average Bonchev–Trinajstić information content (AvgIpc) is 2.24. The van der Waals surface area contributed by atoms with Crippen molar-refractivity contribution in [1.82, 2.24) is 5.17 Å². The Morgan fingerprint density at radius 1 is 1.33 bits per heavy atom. The summed E-state index contributed by atoms with van der Waals surface area (Å²) in [6.07, 6.45) is 2.98. The predicted molar refractivity (Wildman–Crippen MR) is 57.3 cm³/mol. The lowest BCUT2D eigenvalue weighted by Gasteiger charge is -2.30. The molecule has 0 bridgehead atoms. The van der Waals surface area contributed by atoms with Crippen molar-refractivity contribution in [1.29, 1.82) is 0 Å². The molecule has 80 valence electrons. The summed E-state index contributed by atoms with van der Waals surface area (Å²) in [6, 6.07) is 3.46. The van der Waals surface area contributed by atoms with E-state index in [4.69, 9.17) is 5.73 Å². The number of hydroxylamine groups is 1. The van der Waals surface area contributed by atoms with Crippen LogP contribution in [0.4, 0.5) is 17.1 Å². The second-order valence-corrected chi connectivity index (χ2v) is 3.14. The first-order valence-electron chi connectivity index (χ1n) is 4.40. The smallest absolute Gasteiger partial charge is 0.122 e. The van der Waals surface area contributed by atoms with Gasteiger partial charge in [-0.2, -0.15) is 0 Å². The molecule has 2 rings (SSSR count). The quantitative estimate of drug-likeness (QED) is 0.517. The minimum atomic E-state index is 0.354. The number of fused-ring (bicyclic) bond motifs is 1. The van der Waals surface area contributed by atoms with Crippen molar-refractivity contribution in [2.24, 2.45) is 0 Å². The highest BCUT2D eigenvalue weighted by Crippen LogP contribution is 2.36. The highest BCUT2D eigenvalue weighted by molar-refractivity contribution is 5.86. The fraction of sp³-hybridized carbons (Fsp3) is 0.111. The molecule has 0 aromatic heterocycles. The number of anilines is 3. The number of rotatable bonds is 1. The van der Waals surface area contributed by atoms with Crippen molar-refractivity contribution < 1.29 is 10.4 Å². The molecule has 1 aliphatic rings. The Hall–Kier alpha value is -1.92. The van der Waals surface area contributed by atoms with Crippen LogP contribution in [0.25, 0.3) is 6.08 Å². The van der Waals surface area contributed by atoms with E-state index in [9.17, 15) is 10.4 Å². The topological polar surface area (TPSA) is 85.0 Å². The predicted octanol–water partition coefficient (Wildman–Crippen LogP) is 1.10. The minimum Gasteiger partial charge on any atom is -0.397 e. The number of hydrazine groups is 1. The fourth-order valence-corrected chi connectivity index (χ4v) is 1.54. The maximum absolute atomic E-state index is 9.58. The largest absolute Gasteiger partial charge is 0.397 e. The zero-order valence-electron chi connectivity index (χ0n) is 8.18. The second kappa shape index (κ2) is 3.34. The van der Waals surface area contributed by atoms with E-state index < -0.39 is 0 Å². The summed E-state index contributed by atoms with van der Waals surface area (Å²) in [6.45, 7) is 0. The van der Waals surface area contributed by atoms with Crippen molar-refractivity contribution in [3.05, 3.63) is 23.9 Å². The van der Waals surface area contributed by atoms with Gasteiger partial charge in [-0.25, -0.2) is 0 Å². The standard InChI is InChI=1S/C9H12N4O2/c1-11-8-3-2-7(10)9-6(8)4-5-12(14)13(9)15/h2-5,11,14-15H,10H2,1H3.